The SMILES string of the molecule is CC1CC(C)N(C(=O)c2cc(Br)cn2C2CC2)C1. The van der Waals surface area contributed by atoms with Crippen molar-refractivity contribution in [2.45, 2.75) is 45.2 Å². The van der Waals surface area contributed by atoms with E-state index in [1.807, 2.05) is 11.0 Å². The van der Waals surface area contributed by atoms with Crippen LogP contribution in [-0.2, 0) is 0 Å². The fraction of sp³-hybridized carbons (Fsp3) is 0.643. The van der Waals surface area contributed by atoms with E-state index in [1.165, 1.54) is 12.8 Å². The molecule has 98 valence electrons. The summed E-state index contributed by atoms with van der Waals surface area (Å²) in [6.45, 7) is 5.27. The molecule has 1 aliphatic heterocycles. The van der Waals surface area contributed by atoms with Crippen LogP contribution in [0, 0.1) is 5.92 Å². The van der Waals surface area contributed by atoms with E-state index >= 15 is 0 Å². The fourth-order valence-electron chi connectivity index (χ4n) is 3.00. The first-order chi connectivity index (χ1) is 8.56. The maximum absolute atomic E-state index is 12.7. The van der Waals surface area contributed by atoms with Crippen molar-refractivity contribution in [3.8, 4) is 0 Å². The number of carbonyl (C=O) groups is 1. The highest BCUT2D eigenvalue weighted by Gasteiger charge is 2.34. The van der Waals surface area contributed by atoms with Crippen molar-refractivity contribution >= 4 is 21.8 Å². The van der Waals surface area contributed by atoms with Crippen LogP contribution >= 0.6 is 15.9 Å². The second kappa shape index (κ2) is 4.41. The molecule has 0 bridgehead atoms. The largest absolute Gasteiger partial charge is 0.339 e. The van der Waals surface area contributed by atoms with Gasteiger partial charge in [-0.1, -0.05) is 6.92 Å². The van der Waals surface area contributed by atoms with Gasteiger partial charge in [0.1, 0.15) is 5.69 Å². The summed E-state index contributed by atoms with van der Waals surface area (Å²) >= 11 is 3.49. The maximum Gasteiger partial charge on any atom is 0.270 e. The monoisotopic (exact) mass is 310 g/mol. The second-order valence-corrected chi connectivity index (χ2v) is 6.75. The van der Waals surface area contributed by atoms with E-state index < -0.39 is 0 Å². The summed E-state index contributed by atoms with van der Waals surface area (Å²) in [4.78, 5) is 14.7. The Labute approximate surface area is 116 Å². The smallest absolute Gasteiger partial charge is 0.270 e. The van der Waals surface area contributed by atoms with Gasteiger partial charge in [0.05, 0.1) is 0 Å². The van der Waals surface area contributed by atoms with Crippen LogP contribution in [-0.4, -0.2) is 28.0 Å². The predicted molar refractivity (Wildman–Crippen MR) is 74.7 cm³/mol. The Hall–Kier alpha value is -0.770. The molecule has 0 radical (unpaired) electrons. The van der Waals surface area contributed by atoms with Gasteiger partial charge in [0.2, 0.25) is 0 Å². The Morgan fingerprint density at radius 1 is 1.39 bits per heavy atom. The minimum Gasteiger partial charge on any atom is -0.339 e. The molecule has 2 fully saturated rings. The number of nitrogens with zero attached hydrogens (tertiary/aromatic N) is 2. The number of hydrogen-bond acceptors (Lipinski definition) is 1. The lowest BCUT2D eigenvalue weighted by atomic mass is 10.1. The van der Waals surface area contributed by atoms with Gasteiger partial charge in [-0.3, -0.25) is 4.79 Å². The highest BCUT2D eigenvalue weighted by molar-refractivity contribution is 9.10. The van der Waals surface area contributed by atoms with Gasteiger partial charge in [0.15, 0.2) is 0 Å². The normalized spacial score (nSPS) is 27.8. The summed E-state index contributed by atoms with van der Waals surface area (Å²) < 4.78 is 3.17. The Morgan fingerprint density at radius 2 is 2.11 bits per heavy atom. The lowest BCUT2D eigenvalue weighted by Gasteiger charge is -2.22. The summed E-state index contributed by atoms with van der Waals surface area (Å²) in [5.41, 5.74) is 0.852. The fourth-order valence-corrected chi connectivity index (χ4v) is 3.44. The lowest BCUT2D eigenvalue weighted by Crippen LogP contribution is -2.35. The predicted octanol–water partition coefficient (Wildman–Crippen LogP) is 3.46. The zero-order valence-corrected chi connectivity index (χ0v) is 12.5. The molecule has 0 aromatic carbocycles. The third kappa shape index (κ3) is 2.11. The van der Waals surface area contributed by atoms with Gasteiger partial charge in [0, 0.05) is 29.3 Å². The van der Waals surface area contributed by atoms with Crippen molar-refractivity contribution in [3.05, 3.63) is 22.4 Å². The zero-order chi connectivity index (χ0) is 12.9. The average molecular weight is 311 g/mol. The molecule has 1 saturated heterocycles. The standard InChI is InChI=1S/C14H19BrN2O/c1-9-5-10(2)16(7-9)14(18)13-6-11(15)8-17(13)12-3-4-12/h6,8-10,12H,3-5,7H2,1-2H3. The molecule has 1 saturated carbocycles. The second-order valence-electron chi connectivity index (χ2n) is 5.83. The number of aromatic nitrogens is 1. The summed E-state index contributed by atoms with van der Waals surface area (Å²) in [6, 6.07) is 2.88. The van der Waals surface area contributed by atoms with E-state index in [2.05, 4.69) is 40.5 Å². The van der Waals surface area contributed by atoms with Crippen LogP contribution in [0.3, 0.4) is 0 Å². The van der Waals surface area contributed by atoms with Crippen molar-refractivity contribution in [1.82, 2.24) is 9.47 Å². The minimum absolute atomic E-state index is 0.199. The number of rotatable bonds is 2. The Bertz CT molecular complexity index is 478. The molecular formula is C14H19BrN2O. The van der Waals surface area contributed by atoms with E-state index in [0.717, 1.165) is 23.1 Å². The number of halogens is 1. The molecule has 2 atom stereocenters. The van der Waals surface area contributed by atoms with Crippen molar-refractivity contribution in [3.63, 3.8) is 0 Å². The van der Waals surface area contributed by atoms with Gasteiger partial charge in [-0.15, -0.1) is 0 Å². The molecule has 18 heavy (non-hydrogen) atoms. The molecule has 3 rings (SSSR count). The Kier molecular flexibility index (Phi) is 3.00. The minimum atomic E-state index is 0.199. The van der Waals surface area contributed by atoms with Crippen molar-refractivity contribution in [2.75, 3.05) is 6.54 Å². The number of hydrogen-bond donors (Lipinski definition) is 0. The van der Waals surface area contributed by atoms with Crippen molar-refractivity contribution in [1.29, 1.82) is 0 Å². The van der Waals surface area contributed by atoms with Crippen LogP contribution in [0.25, 0.3) is 0 Å². The van der Waals surface area contributed by atoms with Gasteiger partial charge in [0.25, 0.3) is 5.91 Å². The van der Waals surface area contributed by atoms with E-state index in [-0.39, 0.29) is 5.91 Å². The van der Waals surface area contributed by atoms with E-state index in [9.17, 15) is 4.79 Å². The molecule has 1 aromatic rings. The number of carbonyl (C=O) groups excluding carboxylic acids is 1. The van der Waals surface area contributed by atoms with Crippen molar-refractivity contribution < 1.29 is 4.79 Å². The van der Waals surface area contributed by atoms with E-state index in [4.69, 9.17) is 0 Å². The molecule has 2 heterocycles. The van der Waals surface area contributed by atoms with Crippen LogP contribution in [0.1, 0.15) is 49.6 Å². The molecule has 1 aliphatic carbocycles. The van der Waals surface area contributed by atoms with Crippen molar-refractivity contribution in [2.24, 2.45) is 5.92 Å². The molecule has 1 amide bonds. The zero-order valence-electron chi connectivity index (χ0n) is 10.9. The molecule has 0 spiro atoms. The summed E-state index contributed by atoms with van der Waals surface area (Å²) in [7, 11) is 0. The van der Waals surface area contributed by atoms with Gasteiger partial charge < -0.3 is 9.47 Å². The summed E-state index contributed by atoms with van der Waals surface area (Å²) in [6.07, 6.45) is 5.58. The third-order valence-corrected chi connectivity index (χ3v) is 4.45. The highest BCUT2D eigenvalue weighted by Crippen LogP contribution is 2.38. The van der Waals surface area contributed by atoms with Crippen LogP contribution in [0.4, 0.5) is 0 Å². The van der Waals surface area contributed by atoms with E-state index in [0.29, 0.717) is 18.0 Å². The molecule has 2 unspecified atom stereocenters. The molecule has 3 nitrogen and oxygen atoms in total. The van der Waals surface area contributed by atoms with Gasteiger partial charge in [-0.2, -0.15) is 0 Å². The first-order valence-electron chi connectivity index (χ1n) is 6.74. The van der Waals surface area contributed by atoms with Crippen LogP contribution < -0.4 is 0 Å². The average Bonchev–Trinajstić information content (AvgIpc) is 3.00. The first-order valence-corrected chi connectivity index (χ1v) is 7.54. The topological polar surface area (TPSA) is 25.2 Å². The number of amides is 1. The molecule has 2 aliphatic rings. The van der Waals surface area contributed by atoms with Gasteiger partial charge in [-0.25, -0.2) is 0 Å². The lowest BCUT2D eigenvalue weighted by molar-refractivity contribution is 0.0732. The molecular weight excluding hydrogens is 292 g/mol. The molecule has 0 N–H and O–H groups in total. The Balaban J connectivity index is 1.88. The van der Waals surface area contributed by atoms with Crippen LogP contribution in [0.2, 0.25) is 0 Å². The summed E-state index contributed by atoms with van der Waals surface area (Å²) in [5, 5.41) is 0. The first kappa shape index (κ1) is 12.3. The molecule has 4 heteroatoms. The van der Waals surface area contributed by atoms with Crippen LogP contribution in [0.5, 0.6) is 0 Å². The highest BCUT2D eigenvalue weighted by atomic mass is 79.9. The maximum atomic E-state index is 12.7. The molecule has 1 aromatic heterocycles. The van der Waals surface area contributed by atoms with E-state index in [1.54, 1.807) is 0 Å². The van der Waals surface area contributed by atoms with Gasteiger partial charge >= 0.3 is 0 Å². The Morgan fingerprint density at radius 3 is 2.67 bits per heavy atom. The summed E-state index contributed by atoms with van der Waals surface area (Å²) in [5.74, 6) is 0.821. The third-order valence-electron chi connectivity index (χ3n) is 4.02. The van der Waals surface area contributed by atoms with Crippen LogP contribution in [0.15, 0.2) is 16.7 Å². The van der Waals surface area contributed by atoms with Gasteiger partial charge in [-0.05, 0) is 54.1 Å². The quantitative estimate of drug-likeness (QED) is 0.821. The number of likely N-dealkylation sites (tertiary alicyclic amines) is 1.